The Bertz CT molecular complexity index is 497. The number of carbonyl (C=O) groups excluding carboxylic acids is 1. The molecule has 3 heterocycles. The standard InChI is InChI=1S/C15H18ClNO2S/c16-13-10-17-5-1-12(13)14(18)11-2-6-19-15(9-11)3-7-20-8-4-15/h1,5,10-11H,2-4,6-9H2. The van der Waals surface area contributed by atoms with E-state index in [0.29, 0.717) is 17.2 Å². The van der Waals surface area contributed by atoms with Crippen LogP contribution in [0, 0.1) is 5.92 Å². The summed E-state index contributed by atoms with van der Waals surface area (Å²) in [4.78, 5) is 16.6. The van der Waals surface area contributed by atoms with Crippen molar-refractivity contribution in [2.45, 2.75) is 31.3 Å². The lowest BCUT2D eigenvalue weighted by molar-refractivity contribution is -0.0959. The van der Waals surface area contributed by atoms with Gasteiger partial charge in [-0.2, -0.15) is 11.8 Å². The Morgan fingerprint density at radius 1 is 1.45 bits per heavy atom. The number of pyridine rings is 1. The number of carbonyl (C=O) groups is 1. The highest BCUT2D eigenvalue weighted by molar-refractivity contribution is 7.99. The maximum atomic E-state index is 12.7. The summed E-state index contributed by atoms with van der Waals surface area (Å²) in [5.74, 6) is 2.46. The molecule has 2 saturated heterocycles. The highest BCUT2D eigenvalue weighted by Gasteiger charge is 2.41. The van der Waals surface area contributed by atoms with Crippen molar-refractivity contribution >= 4 is 29.1 Å². The minimum Gasteiger partial charge on any atom is -0.375 e. The summed E-state index contributed by atoms with van der Waals surface area (Å²) in [7, 11) is 0. The first-order valence-corrected chi connectivity index (χ1v) is 8.59. The van der Waals surface area contributed by atoms with Crippen molar-refractivity contribution in [3.63, 3.8) is 0 Å². The molecule has 0 N–H and O–H groups in total. The van der Waals surface area contributed by atoms with E-state index in [1.54, 1.807) is 18.5 Å². The molecule has 3 rings (SSSR count). The van der Waals surface area contributed by atoms with Crippen LogP contribution in [0.25, 0.3) is 0 Å². The molecule has 1 unspecified atom stereocenters. The third kappa shape index (κ3) is 2.87. The third-order valence-electron chi connectivity index (χ3n) is 4.31. The molecule has 1 atom stereocenters. The molecule has 1 aromatic heterocycles. The molecule has 2 aliphatic heterocycles. The van der Waals surface area contributed by atoms with Gasteiger partial charge in [-0.25, -0.2) is 0 Å². The Balaban J connectivity index is 1.77. The predicted molar refractivity (Wildman–Crippen MR) is 81.5 cm³/mol. The number of hydrogen-bond acceptors (Lipinski definition) is 4. The summed E-state index contributed by atoms with van der Waals surface area (Å²) < 4.78 is 6.04. The average Bonchev–Trinajstić information content (AvgIpc) is 2.48. The molecule has 5 heteroatoms. The number of rotatable bonds is 2. The third-order valence-corrected chi connectivity index (χ3v) is 5.59. The number of hydrogen-bond donors (Lipinski definition) is 0. The van der Waals surface area contributed by atoms with Gasteiger partial charge in [0.05, 0.1) is 10.6 Å². The fourth-order valence-corrected chi connectivity index (χ4v) is 4.59. The predicted octanol–water partition coefficient (Wildman–Crippen LogP) is 3.61. The van der Waals surface area contributed by atoms with Crippen molar-refractivity contribution in [2.75, 3.05) is 18.1 Å². The van der Waals surface area contributed by atoms with Crippen LogP contribution in [0.3, 0.4) is 0 Å². The lowest BCUT2D eigenvalue weighted by Gasteiger charge is -2.43. The van der Waals surface area contributed by atoms with Crippen LogP contribution in [-0.4, -0.2) is 34.5 Å². The van der Waals surface area contributed by atoms with E-state index in [2.05, 4.69) is 4.98 Å². The fourth-order valence-electron chi connectivity index (χ4n) is 3.14. The van der Waals surface area contributed by atoms with Crippen LogP contribution >= 0.6 is 23.4 Å². The summed E-state index contributed by atoms with van der Waals surface area (Å²) in [6.07, 6.45) is 6.93. The van der Waals surface area contributed by atoms with E-state index in [1.165, 1.54) is 0 Å². The van der Waals surface area contributed by atoms with Gasteiger partial charge in [0.15, 0.2) is 5.78 Å². The Morgan fingerprint density at radius 2 is 2.25 bits per heavy atom. The minimum absolute atomic E-state index is 0.0340. The average molecular weight is 312 g/mol. The molecule has 1 spiro atoms. The van der Waals surface area contributed by atoms with E-state index in [-0.39, 0.29) is 17.3 Å². The van der Waals surface area contributed by atoms with Gasteiger partial charge in [0.2, 0.25) is 0 Å². The summed E-state index contributed by atoms with van der Waals surface area (Å²) >= 11 is 8.07. The second-order valence-corrected chi connectivity index (χ2v) is 7.19. The molecule has 0 aromatic carbocycles. The van der Waals surface area contributed by atoms with Crippen molar-refractivity contribution in [1.29, 1.82) is 0 Å². The Labute approximate surface area is 128 Å². The van der Waals surface area contributed by atoms with E-state index in [1.807, 2.05) is 11.8 Å². The lowest BCUT2D eigenvalue weighted by atomic mass is 9.79. The quantitative estimate of drug-likeness (QED) is 0.782. The zero-order valence-electron chi connectivity index (χ0n) is 11.3. The molecule has 0 amide bonds. The Morgan fingerprint density at radius 3 is 3.00 bits per heavy atom. The highest BCUT2D eigenvalue weighted by Crippen LogP contribution is 2.40. The SMILES string of the molecule is O=C(c1ccncc1Cl)C1CCOC2(CCSCC2)C1. The number of ether oxygens (including phenoxy) is 1. The molecule has 20 heavy (non-hydrogen) atoms. The molecular formula is C15H18ClNO2S. The van der Waals surface area contributed by atoms with Crippen LogP contribution in [-0.2, 0) is 4.74 Å². The maximum Gasteiger partial charge on any atom is 0.167 e. The van der Waals surface area contributed by atoms with Gasteiger partial charge in [-0.3, -0.25) is 9.78 Å². The number of Topliss-reactive ketones (excluding diaryl/α,β-unsaturated/α-hetero) is 1. The number of ketones is 1. The van der Waals surface area contributed by atoms with Crippen LogP contribution in [0.15, 0.2) is 18.5 Å². The van der Waals surface area contributed by atoms with Crippen molar-refractivity contribution in [2.24, 2.45) is 5.92 Å². The molecule has 1 aromatic rings. The van der Waals surface area contributed by atoms with E-state index in [9.17, 15) is 4.79 Å². The molecular weight excluding hydrogens is 294 g/mol. The molecule has 108 valence electrons. The number of aromatic nitrogens is 1. The summed E-state index contributed by atoms with van der Waals surface area (Å²) in [6.45, 7) is 0.684. The van der Waals surface area contributed by atoms with Gasteiger partial charge in [0, 0.05) is 30.5 Å². The number of thioether (sulfide) groups is 1. The first-order chi connectivity index (χ1) is 9.70. The first kappa shape index (κ1) is 14.4. The van der Waals surface area contributed by atoms with Gasteiger partial charge in [-0.15, -0.1) is 0 Å². The molecule has 0 bridgehead atoms. The van der Waals surface area contributed by atoms with Gasteiger partial charge < -0.3 is 4.74 Å². The smallest absolute Gasteiger partial charge is 0.167 e. The van der Waals surface area contributed by atoms with Crippen LogP contribution in [0.1, 0.15) is 36.0 Å². The molecule has 2 aliphatic rings. The van der Waals surface area contributed by atoms with Crippen molar-refractivity contribution in [1.82, 2.24) is 4.98 Å². The van der Waals surface area contributed by atoms with E-state index >= 15 is 0 Å². The zero-order chi connectivity index (χ0) is 14.0. The topological polar surface area (TPSA) is 39.2 Å². The highest BCUT2D eigenvalue weighted by atomic mass is 35.5. The normalized spacial score (nSPS) is 25.6. The summed E-state index contributed by atoms with van der Waals surface area (Å²) in [5.41, 5.74) is 0.539. The van der Waals surface area contributed by atoms with Crippen molar-refractivity contribution in [3.8, 4) is 0 Å². The van der Waals surface area contributed by atoms with Gasteiger partial charge in [-0.1, -0.05) is 11.6 Å². The maximum absolute atomic E-state index is 12.7. The summed E-state index contributed by atoms with van der Waals surface area (Å²) in [6, 6.07) is 1.73. The van der Waals surface area contributed by atoms with Crippen LogP contribution in [0.5, 0.6) is 0 Å². The van der Waals surface area contributed by atoms with Crippen molar-refractivity contribution < 1.29 is 9.53 Å². The molecule has 0 aliphatic carbocycles. The molecule has 3 nitrogen and oxygen atoms in total. The first-order valence-electron chi connectivity index (χ1n) is 7.06. The van der Waals surface area contributed by atoms with Crippen LogP contribution in [0.2, 0.25) is 5.02 Å². The van der Waals surface area contributed by atoms with E-state index in [4.69, 9.17) is 16.3 Å². The van der Waals surface area contributed by atoms with E-state index in [0.717, 1.165) is 37.2 Å². The largest absolute Gasteiger partial charge is 0.375 e. The lowest BCUT2D eigenvalue weighted by Crippen LogP contribution is -2.44. The van der Waals surface area contributed by atoms with Gasteiger partial charge in [0.25, 0.3) is 0 Å². The Kier molecular flexibility index (Phi) is 4.34. The van der Waals surface area contributed by atoms with Gasteiger partial charge in [-0.05, 0) is 43.3 Å². The fraction of sp³-hybridized carbons (Fsp3) is 0.600. The monoisotopic (exact) mass is 311 g/mol. The second-order valence-electron chi connectivity index (χ2n) is 5.55. The molecule has 0 radical (unpaired) electrons. The number of nitrogens with zero attached hydrogens (tertiary/aromatic N) is 1. The van der Waals surface area contributed by atoms with Crippen LogP contribution < -0.4 is 0 Å². The Hall–Kier alpha value is -0.580. The minimum atomic E-state index is -0.0661. The van der Waals surface area contributed by atoms with Gasteiger partial charge in [0.1, 0.15) is 0 Å². The van der Waals surface area contributed by atoms with E-state index < -0.39 is 0 Å². The van der Waals surface area contributed by atoms with Crippen molar-refractivity contribution in [3.05, 3.63) is 29.0 Å². The second kappa shape index (κ2) is 6.04. The van der Waals surface area contributed by atoms with Crippen LogP contribution in [0.4, 0.5) is 0 Å². The summed E-state index contributed by atoms with van der Waals surface area (Å²) in [5, 5.41) is 0.456. The van der Waals surface area contributed by atoms with Gasteiger partial charge >= 0.3 is 0 Å². The molecule has 2 fully saturated rings. The number of halogens is 1. The molecule has 0 saturated carbocycles. The zero-order valence-corrected chi connectivity index (χ0v) is 12.9.